The quantitative estimate of drug-likeness (QED) is 0.597. The van der Waals surface area contributed by atoms with Gasteiger partial charge in [-0.15, -0.1) is 0 Å². The van der Waals surface area contributed by atoms with Gasteiger partial charge in [0.1, 0.15) is 11.6 Å². The van der Waals surface area contributed by atoms with E-state index in [4.69, 9.17) is 4.74 Å². The van der Waals surface area contributed by atoms with E-state index in [0.717, 1.165) is 13.1 Å². The first-order chi connectivity index (χ1) is 6.40. The molecule has 4 heteroatoms. The van der Waals surface area contributed by atoms with Gasteiger partial charge in [-0.2, -0.15) is 0 Å². The van der Waals surface area contributed by atoms with Crippen LogP contribution in [-0.2, 0) is 9.53 Å². The first-order valence-electron chi connectivity index (χ1n) is 5.10. The number of carbonyl (C=O) groups excluding carboxylic acids is 1. The van der Waals surface area contributed by atoms with Crippen molar-refractivity contribution < 1.29 is 9.53 Å². The molecule has 4 nitrogen and oxygen atoms in total. The molecule has 1 rings (SSSR count). The van der Waals surface area contributed by atoms with E-state index in [-0.39, 0.29) is 18.1 Å². The molecule has 1 aliphatic rings. The van der Waals surface area contributed by atoms with Gasteiger partial charge in [-0.3, -0.25) is 4.79 Å². The van der Waals surface area contributed by atoms with Crippen LogP contribution < -0.4 is 10.6 Å². The smallest absolute Gasteiger partial charge is 0.325 e. The van der Waals surface area contributed by atoms with E-state index in [9.17, 15) is 4.79 Å². The summed E-state index contributed by atoms with van der Waals surface area (Å²) in [5.74, 6) is -0.169. The first-order valence-corrected chi connectivity index (χ1v) is 5.10. The second-order valence-corrected chi connectivity index (χ2v) is 4.71. The van der Waals surface area contributed by atoms with Crippen molar-refractivity contribution in [3.63, 3.8) is 0 Å². The lowest BCUT2D eigenvalue weighted by Gasteiger charge is -2.31. The molecule has 0 aromatic rings. The summed E-state index contributed by atoms with van der Waals surface area (Å²) in [6.07, 6.45) is 0. The maximum Gasteiger partial charge on any atom is 0.325 e. The number of ether oxygens (including phenoxy) is 1. The summed E-state index contributed by atoms with van der Waals surface area (Å²) in [7, 11) is 0. The van der Waals surface area contributed by atoms with Gasteiger partial charge in [0.15, 0.2) is 0 Å². The van der Waals surface area contributed by atoms with Gasteiger partial charge in [0.25, 0.3) is 0 Å². The zero-order valence-corrected chi connectivity index (χ0v) is 9.39. The Labute approximate surface area is 85.4 Å². The molecule has 0 radical (unpaired) electrons. The lowest BCUT2D eigenvalue weighted by Crippen LogP contribution is -2.59. The van der Waals surface area contributed by atoms with E-state index in [1.807, 2.05) is 27.7 Å². The van der Waals surface area contributed by atoms with Gasteiger partial charge in [0.05, 0.1) is 0 Å². The number of esters is 1. The molecule has 2 N–H and O–H groups in total. The fraction of sp³-hybridized carbons (Fsp3) is 0.900. The largest absolute Gasteiger partial charge is 0.459 e. The van der Waals surface area contributed by atoms with Crippen LogP contribution in [0.25, 0.3) is 0 Å². The molecule has 0 unspecified atom stereocenters. The van der Waals surface area contributed by atoms with Crippen molar-refractivity contribution in [3.05, 3.63) is 0 Å². The molecule has 0 amide bonds. The predicted molar refractivity (Wildman–Crippen MR) is 55.1 cm³/mol. The van der Waals surface area contributed by atoms with Crippen molar-refractivity contribution >= 4 is 5.97 Å². The monoisotopic (exact) mass is 200 g/mol. The Bertz CT molecular complexity index is 211. The normalized spacial score (nSPS) is 28.6. The topological polar surface area (TPSA) is 50.4 Å². The van der Waals surface area contributed by atoms with Crippen molar-refractivity contribution in [2.24, 2.45) is 0 Å². The molecule has 1 aliphatic heterocycles. The molecule has 1 heterocycles. The SMILES string of the molecule is C[C@@H]1NCCN[C@@H]1C(=O)OC(C)(C)C. The second kappa shape index (κ2) is 4.28. The van der Waals surface area contributed by atoms with Crippen LogP contribution in [-0.4, -0.2) is 36.7 Å². The molecule has 0 spiro atoms. The Morgan fingerprint density at radius 3 is 2.36 bits per heavy atom. The van der Waals surface area contributed by atoms with Crippen LogP contribution in [0, 0.1) is 0 Å². The van der Waals surface area contributed by atoms with Crippen molar-refractivity contribution in [1.29, 1.82) is 0 Å². The number of hydrogen-bond donors (Lipinski definition) is 2. The summed E-state index contributed by atoms with van der Waals surface area (Å²) in [4.78, 5) is 11.7. The van der Waals surface area contributed by atoms with E-state index >= 15 is 0 Å². The lowest BCUT2D eigenvalue weighted by atomic mass is 10.1. The first kappa shape index (κ1) is 11.5. The van der Waals surface area contributed by atoms with Gasteiger partial charge in [0.2, 0.25) is 0 Å². The molecule has 82 valence electrons. The minimum Gasteiger partial charge on any atom is -0.459 e. The Balaban J connectivity index is 2.50. The second-order valence-electron chi connectivity index (χ2n) is 4.71. The highest BCUT2D eigenvalue weighted by molar-refractivity contribution is 5.77. The number of rotatable bonds is 1. The van der Waals surface area contributed by atoms with Crippen LogP contribution in [0.4, 0.5) is 0 Å². The lowest BCUT2D eigenvalue weighted by molar-refractivity contribution is -0.158. The average molecular weight is 200 g/mol. The number of nitrogens with one attached hydrogen (secondary N) is 2. The van der Waals surface area contributed by atoms with Crippen LogP contribution in [0.3, 0.4) is 0 Å². The minimum absolute atomic E-state index is 0.138. The highest BCUT2D eigenvalue weighted by Gasteiger charge is 2.30. The summed E-state index contributed by atoms with van der Waals surface area (Å²) in [6, 6.07) is -0.0819. The maximum absolute atomic E-state index is 11.7. The van der Waals surface area contributed by atoms with E-state index in [1.165, 1.54) is 0 Å². The number of hydrogen-bond acceptors (Lipinski definition) is 4. The Morgan fingerprint density at radius 1 is 1.29 bits per heavy atom. The zero-order chi connectivity index (χ0) is 10.8. The predicted octanol–water partition coefficient (Wildman–Crippen LogP) is 0.278. The van der Waals surface area contributed by atoms with Gasteiger partial charge >= 0.3 is 5.97 Å². The molecule has 2 atom stereocenters. The maximum atomic E-state index is 11.7. The Morgan fingerprint density at radius 2 is 1.86 bits per heavy atom. The van der Waals surface area contributed by atoms with Crippen molar-refractivity contribution in [2.45, 2.75) is 45.4 Å². The molecule has 0 aromatic heterocycles. The zero-order valence-electron chi connectivity index (χ0n) is 9.39. The van der Waals surface area contributed by atoms with Crippen molar-refractivity contribution in [2.75, 3.05) is 13.1 Å². The summed E-state index contributed by atoms with van der Waals surface area (Å²) in [5.41, 5.74) is -0.407. The van der Waals surface area contributed by atoms with Gasteiger partial charge in [-0.05, 0) is 27.7 Å². The standard InChI is InChI=1S/C10H20N2O2/c1-7-8(12-6-5-11-7)9(13)14-10(2,3)4/h7-8,11-12H,5-6H2,1-4H3/t7-,8-/m0/s1. The van der Waals surface area contributed by atoms with Crippen molar-refractivity contribution in [3.8, 4) is 0 Å². The summed E-state index contributed by atoms with van der Waals surface area (Å²) in [5, 5.41) is 6.39. The number of carbonyl (C=O) groups is 1. The van der Waals surface area contributed by atoms with Gasteiger partial charge in [0, 0.05) is 19.1 Å². The molecule has 0 bridgehead atoms. The highest BCUT2D eigenvalue weighted by atomic mass is 16.6. The third-order valence-electron chi connectivity index (χ3n) is 2.12. The third kappa shape index (κ3) is 3.27. The molecule has 1 fully saturated rings. The van der Waals surface area contributed by atoms with Gasteiger partial charge < -0.3 is 15.4 Å². The van der Waals surface area contributed by atoms with E-state index in [0.29, 0.717) is 0 Å². The van der Waals surface area contributed by atoms with Crippen LogP contribution in [0.15, 0.2) is 0 Å². The molecular weight excluding hydrogens is 180 g/mol. The van der Waals surface area contributed by atoms with E-state index in [1.54, 1.807) is 0 Å². The minimum atomic E-state index is -0.407. The molecule has 14 heavy (non-hydrogen) atoms. The summed E-state index contributed by atoms with van der Waals surface area (Å²) in [6.45, 7) is 9.35. The summed E-state index contributed by atoms with van der Waals surface area (Å²) >= 11 is 0. The van der Waals surface area contributed by atoms with Crippen LogP contribution in [0.5, 0.6) is 0 Å². The molecule has 1 saturated heterocycles. The van der Waals surface area contributed by atoms with E-state index < -0.39 is 5.60 Å². The van der Waals surface area contributed by atoms with Gasteiger partial charge in [-0.1, -0.05) is 0 Å². The Hall–Kier alpha value is -0.610. The fourth-order valence-corrected chi connectivity index (χ4v) is 1.47. The van der Waals surface area contributed by atoms with E-state index in [2.05, 4.69) is 10.6 Å². The third-order valence-corrected chi connectivity index (χ3v) is 2.12. The van der Waals surface area contributed by atoms with Crippen LogP contribution in [0.2, 0.25) is 0 Å². The van der Waals surface area contributed by atoms with Crippen LogP contribution >= 0.6 is 0 Å². The number of piperazine rings is 1. The van der Waals surface area contributed by atoms with Crippen LogP contribution in [0.1, 0.15) is 27.7 Å². The molecule has 0 aromatic carbocycles. The fourth-order valence-electron chi connectivity index (χ4n) is 1.47. The molecule has 0 saturated carbocycles. The highest BCUT2D eigenvalue weighted by Crippen LogP contribution is 2.10. The molecular formula is C10H20N2O2. The van der Waals surface area contributed by atoms with Gasteiger partial charge in [-0.25, -0.2) is 0 Å². The average Bonchev–Trinajstić information content (AvgIpc) is 2.01. The summed E-state index contributed by atoms with van der Waals surface area (Å²) < 4.78 is 5.31. The Kier molecular flexibility index (Phi) is 3.50. The molecule has 0 aliphatic carbocycles. The van der Waals surface area contributed by atoms with Crippen molar-refractivity contribution in [1.82, 2.24) is 10.6 Å².